The Kier molecular flexibility index (Phi) is 7.07. The van der Waals surface area contributed by atoms with E-state index >= 15 is 0 Å². The number of carbonyl (C=O) groups is 2. The molecule has 0 aromatic rings. The third kappa shape index (κ3) is 5.38. The monoisotopic (exact) mass is 423 g/mol. The summed E-state index contributed by atoms with van der Waals surface area (Å²) in [5.74, 6) is -0.0428. The Bertz CT molecular complexity index is 643. The Labute approximate surface area is 182 Å². The van der Waals surface area contributed by atoms with Gasteiger partial charge in [0.15, 0.2) is 0 Å². The fraction of sp³-hybridized carbons (Fsp3) is 0.909. The van der Waals surface area contributed by atoms with Gasteiger partial charge in [-0.25, -0.2) is 0 Å². The van der Waals surface area contributed by atoms with Crippen molar-refractivity contribution >= 4 is 18.9 Å². The predicted octanol–water partition coefficient (Wildman–Crippen LogP) is 2.59. The topological polar surface area (TPSA) is 93.9 Å². The molecule has 2 amide bonds. The van der Waals surface area contributed by atoms with Gasteiger partial charge >= 0.3 is 7.12 Å². The molecule has 0 aromatic carbocycles. The number of nitrogens with zero attached hydrogens (tertiary/aromatic N) is 1. The molecule has 30 heavy (non-hydrogen) atoms. The van der Waals surface area contributed by atoms with Crippen molar-refractivity contribution in [2.45, 2.75) is 104 Å². The van der Waals surface area contributed by atoms with Gasteiger partial charge in [0, 0.05) is 18.6 Å². The highest BCUT2D eigenvalue weighted by Gasteiger charge is 2.52. The zero-order chi connectivity index (χ0) is 23.1. The van der Waals surface area contributed by atoms with E-state index < -0.39 is 11.5 Å². The summed E-state index contributed by atoms with van der Waals surface area (Å²) >= 11 is 0. The van der Waals surface area contributed by atoms with E-state index in [-0.39, 0.29) is 41.6 Å². The fourth-order valence-corrected chi connectivity index (χ4v) is 4.28. The molecule has 0 aliphatic carbocycles. The summed E-state index contributed by atoms with van der Waals surface area (Å²) in [4.78, 5) is 27.5. The van der Waals surface area contributed by atoms with Crippen molar-refractivity contribution in [2.24, 2.45) is 17.1 Å². The summed E-state index contributed by atoms with van der Waals surface area (Å²) in [5.41, 5.74) is 4.18. The smallest absolute Gasteiger partial charge is 0.403 e. The number of carbonyl (C=O) groups excluding carboxylic acids is 2. The second kappa shape index (κ2) is 8.43. The average molecular weight is 423 g/mol. The molecule has 2 rings (SSSR count). The Balaban J connectivity index is 2.06. The van der Waals surface area contributed by atoms with E-state index in [9.17, 15) is 9.59 Å². The lowest BCUT2D eigenvalue weighted by molar-refractivity contribution is -0.134. The molecule has 2 aliphatic heterocycles. The van der Waals surface area contributed by atoms with E-state index in [4.69, 9.17) is 15.0 Å². The minimum absolute atomic E-state index is 0.00407. The van der Waals surface area contributed by atoms with E-state index in [1.807, 2.05) is 27.7 Å². The van der Waals surface area contributed by atoms with Crippen molar-refractivity contribution < 1.29 is 18.9 Å². The minimum atomic E-state index is -0.645. The van der Waals surface area contributed by atoms with Crippen LogP contribution in [-0.4, -0.2) is 59.7 Å². The van der Waals surface area contributed by atoms with E-state index in [1.54, 1.807) is 11.8 Å². The molecule has 2 aliphatic rings. The summed E-state index contributed by atoms with van der Waals surface area (Å²) in [6.07, 6.45) is 2.45. The highest BCUT2D eigenvalue weighted by Crippen LogP contribution is 2.42. The van der Waals surface area contributed by atoms with Crippen LogP contribution in [0.2, 0.25) is 6.32 Å². The van der Waals surface area contributed by atoms with Crippen molar-refractivity contribution in [3.05, 3.63) is 0 Å². The fourth-order valence-electron chi connectivity index (χ4n) is 4.28. The highest BCUT2D eigenvalue weighted by atomic mass is 16.7. The van der Waals surface area contributed by atoms with Crippen LogP contribution in [0.3, 0.4) is 0 Å². The Morgan fingerprint density at radius 3 is 2.17 bits per heavy atom. The lowest BCUT2D eigenvalue weighted by atomic mass is 9.73. The molecule has 7 nitrogen and oxygen atoms in total. The van der Waals surface area contributed by atoms with Gasteiger partial charge in [0.05, 0.1) is 22.7 Å². The lowest BCUT2D eigenvalue weighted by Crippen LogP contribution is -2.51. The molecular formula is C22H42BN3O4. The predicted molar refractivity (Wildman–Crippen MR) is 120 cm³/mol. The zero-order valence-corrected chi connectivity index (χ0v) is 20.4. The molecule has 0 saturated carbocycles. The van der Waals surface area contributed by atoms with Crippen molar-refractivity contribution in [1.82, 2.24) is 10.2 Å². The Hall–Kier alpha value is -1.12. The molecular weight excluding hydrogens is 381 g/mol. The molecule has 8 heteroatoms. The van der Waals surface area contributed by atoms with E-state index in [1.165, 1.54) is 0 Å². The van der Waals surface area contributed by atoms with Crippen molar-refractivity contribution in [1.29, 1.82) is 0 Å². The van der Waals surface area contributed by atoms with Crippen LogP contribution in [-0.2, 0) is 18.9 Å². The largest absolute Gasteiger partial charge is 0.457 e. The lowest BCUT2D eigenvalue weighted by Gasteiger charge is -2.33. The Morgan fingerprint density at radius 1 is 1.17 bits per heavy atom. The van der Waals surface area contributed by atoms with Gasteiger partial charge in [-0.3, -0.25) is 9.59 Å². The molecule has 2 saturated heterocycles. The first-order valence-corrected chi connectivity index (χ1v) is 11.2. The van der Waals surface area contributed by atoms with Gasteiger partial charge in [-0.1, -0.05) is 6.42 Å². The quantitative estimate of drug-likeness (QED) is 0.641. The van der Waals surface area contributed by atoms with Gasteiger partial charge in [-0.2, -0.15) is 0 Å². The highest BCUT2D eigenvalue weighted by molar-refractivity contribution is 6.45. The second-order valence-electron chi connectivity index (χ2n) is 11.4. The molecule has 0 unspecified atom stereocenters. The maximum atomic E-state index is 13.2. The van der Waals surface area contributed by atoms with Gasteiger partial charge in [0.2, 0.25) is 11.8 Å². The van der Waals surface area contributed by atoms with Gasteiger partial charge in [0.25, 0.3) is 0 Å². The number of hydrogen-bond acceptors (Lipinski definition) is 5. The summed E-state index contributed by atoms with van der Waals surface area (Å²) in [6, 6.07) is -0.566. The zero-order valence-electron chi connectivity index (χ0n) is 20.4. The molecule has 0 aromatic heterocycles. The number of hydrogen-bond donors (Lipinski definition) is 2. The van der Waals surface area contributed by atoms with Crippen LogP contribution in [0.5, 0.6) is 0 Å². The molecule has 0 bridgehead atoms. The van der Waals surface area contributed by atoms with Gasteiger partial charge < -0.3 is 25.3 Å². The summed E-state index contributed by atoms with van der Waals surface area (Å²) < 4.78 is 12.2. The number of nitrogens with one attached hydrogen (secondary N) is 1. The van der Waals surface area contributed by atoms with Gasteiger partial charge in [-0.15, -0.1) is 0 Å². The van der Waals surface area contributed by atoms with Gasteiger partial charge in [-0.05, 0) is 81.0 Å². The first-order valence-electron chi connectivity index (χ1n) is 11.2. The van der Waals surface area contributed by atoms with Crippen LogP contribution in [0.4, 0.5) is 0 Å². The number of nitrogens with two attached hydrogens (primary N) is 1. The van der Waals surface area contributed by atoms with Crippen molar-refractivity contribution in [3.63, 3.8) is 0 Å². The molecule has 0 spiro atoms. The SMILES string of the molecule is C[C@H](N)C(=O)N1C[C@H](CCCB2OC(C)(C)C(C)(C)O2)[C@](C)(C(=O)NC(C)(C)C)C1. The average Bonchev–Trinajstić information content (AvgIpc) is 2.99. The molecule has 172 valence electrons. The summed E-state index contributed by atoms with van der Waals surface area (Å²) in [7, 11) is -0.243. The molecule has 2 heterocycles. The van der Waals surface area contributed by atoms with Gasteiger partial charge in [0.1, 0.15) is 0 Å². The first kappa shape index (κ1) is 25.1. The summed E-state index contributed by atoms with van der Waals surface area (Å²) in [6.45, 7) is 18.7. The van der Waals surface area contributed by atoms with E-state index in [2.05, 4.69) is 33.0 Å². The maximum Gasteiger partial charge on any atom is 0.457 e. The normalized spacial score (nSPS) is 29.2. The van der Waals surface area contributed by atoms with E-state index in [0.717, 1.165) is 19.2 Å². The van der Waals surface area contributed by atoms with Crippen LogP contribution in [0.1, 0.15) is 75.2 Å². The molecule has 0 radical (unpaired) electrons. The van der Waals surface area contributed by atoms with E-state index in [0.29, 0.717) is 13.1 Å². The van der Waals surface area contributed by atoms with Crippen LogP contribution < -0.4 is 11.1 Å². The second-order valence-corrected chi connectivity index (χ2v) is 11.4. The summed E-state index contributed by atoms with van der Waals surface area (Å²) in [5, 5.41) is 3.12. The standard InChI is InChI=1S/C22H42BN3O4/c1-15(24)17(27)26-13-16(22(9,14-26)18(28)25-19(2,3)4)11-10-12-23-29-20(5,6)21(7,8)30-23/h15-16H,10-14,24H2,1-9H3,(H,25,28)/t15-,16-,22+/m0/s1. The van der Waals surface area contributed by atoms with Crippen LogP contribution in [0, 0.1) is 11.3 Å². The van der Waals surface area contributed by atoms with Crippen molar-refractivity contribution in [2.75, 3.05) is 13.1 Å². The molecule has 3 atom stereocenters. The maximum absolute atomic E-state index is 13.2. The van der Waals surface area contributed by atoms with Crippen LogP contribution in [0.15, 0.2) is 0 Å². The van der Waals surface area contributed by atoms with Crippen LogP contribution >= 0.6 is 0 Å². The number of likely N-dealkylation sites (tertiary alicyclic amines) is 1. The third-order valence-corrected chi connectivity index (χ3v) is 6.86. The Morgan fingerprint density at radius 2 is 1.70 bits per heavy atom. The van der Waals surface area contributed by atoms with Crippen molar-refractivity contribution in [3.8, 4) is 0 Å². The minimum Gasteiger partial charge on any atom is -0.403 e. The van der Waals surface area contributed by atoms with Crippen LogP contribution in [0.25, 0.3) is 0 Å². The molecule has 2 fully saturated rings. The number of amides is 2. The molecule has 3 N–H and O–H groups in total. The third-order valence-electron chi connectivity index (χ3n) is 6.86. The number of rotatable bonds is 6. The first-order chi connectivity index (χ1) is 13.5.